The second-order valence-corrected chi connectivity index (χ2v) is 5.04. The number of hydrazine groups is 1. The molecule has 20 heavy (non-hydrogen) atoms. The molecule has 0 unspecified atom stereocenters. The van der Waals surface area contributed by atoms with Crippen molar-refractivity contribution in [3.8, 4) is 0 Å². The van der Waals surface area contributed by atoms with Gasteiger partial charge < -0.3 is 10.7 Å². The standard InChI is InChI=1S/C13H21N7/c1-8(2)11-16-12(9(3)13(17-11)18-14)15-7-10-5-6-20(4)19-10/h5-6,8H,7,14H2,1-4H3,(H2,15,16,17,18). The van der Waals surface area contributed by atoms with E-state index in [-0.39, 0.29) is 5.92 Å². The van der Waals surface area contributed by atoms with E-state index in [4.69, 9.17) is 5.84 Å². The van der Waals surface area contributed by atoms with Crippen LogP contribution in [0.15, 0.2) is 12.3 Å². The molecule has 7 heteroatoms. The fourth-order valence-electron chi connectivity index (χ4n) is 1.84. The summed E-state index contributed by atoms with van der Waals surface area (Å²) in [7, 11) is 1.90. The molecule has 0 spiro atoms. The number of hydrogen-bond acceptors (Lipinski definition) is 6. The summed E-state index contributed by atoms with van der Waals surface area (Å²) in [6.07, 6.45) is 1.91. The van der Waals surface area contributed by atoms with Gasteiger partial charge in [-0.1, -0.05) is 13.8 Å². The molecule has 0 radical (unpaired) electrons. The largest absolute Gasteiger partial charge is 0.364 e. The Morgan fingerprint density at radius 2 is 2.00 bits per heavy atom. The summed E-state index contributed by atoms with van der Waals surface area (Å²) in [5.41, 5.74) is 4.48. The van der Waals surface area contributed by atoms with Crippen LogP contribution in [0, 0.1) is 6.92 Å². The molecule has 0 amide bonds. The zero-order valence-electron chi connectivity index (χ0n) is 12.3. The topological polar surface area (TPSA) is 93.7 Å². The van der Waals surface area contributed by atoms with Crippen molar-refractivity contribution in [1.29, 1.82) is 0 Å². The number of anilines is 2. The lowest BCUT2D eigenvalue weighted by Crippen LogP contribution is -2.15. The minimum Gasteiger partial charge on any atom is -0.364 e. The van der Waals surface area contributed by atoms with Gasteiger partial charge in [-0.3, -0.25) is 4.68 Å². The van der Waals surface area contributed by atoms with Crippen LogP contribution in [0.3, 0.4) is 0 Å². The highest BCUT2D eigenvalue weighted by atomic mass is 15.3. The van der Waals surface area contributed by atoms with Crippen molar-refractivity contribution in [2.45, 2.75) is 33.2 Å². The van der Waals surface area contributed by atoms with Crippen LogP contribution in [0.4, 0.5) is 11.6 Å². The SMILES string of the molecule is Cc1c(NN)nc(C(C)C)nc1NCc1ccn(C)n1. The maximum absolute atomic E-state index is 5.52. The molecule has 0 aliphatic heterocycles. The van der Waals surface area contributed by atoms with Gasteiger partial charge in [0.1, 0.15) is 17.5 Å². The normalized spacial score (nSPS) is 10.9. The van der Waals surface area contributed by atoms with Crippen molar-refractivity contribution < 1.29 is 0 Å². The molecule has 7 nitrogen and oxygen atoms in total. The van der Waals surface area contributed by atoms with Crippen molar-refractivity contribution in [3.05, 3.63) is 29.3 Å². The van der Waals surface area contributed by atoms with E-state index < -0.39 is 0 Å². The molecule has 0 fully saturated rings. The van der Waals surface area contributed by atoms with E-state index in [1.54, 1.807) is 4.68 Å². The summed E-state index contributed by atoms with van der Waals surface area (Å²) in [6.45, 7) is 6.64. The van der Waals surface area contributed by atoms with E-state index >= 15 is 0 Å². The third-order valence-corrected chi connectivity index (χ3v) is 3.02. The minimum atomic E-state index is 0.234. The Morgan fingerprint density at radius 1 is 1.30 bits per heavy atom. The first kappa shape index (κ1) is 14.3. The van der Waals surface area contributed by atoms with E-state index in [0.717, 1.165) is 22.9 Å². The number of nitrogens with one attached hydrogen (secondary N) is 2. The Morgan fingerprint density at radius 3 is 2.55 bits per heavy atom. The summed E-state index contributed by atoms with van der Waals surface area (Å²) in [6, 6.07) is 1.97. The molecule has 0 aliphatic carbocycles. The highest BCUT2D eigenvalue weighted by molar-refractivity contribution is 5.56. The molecule has 0 aromatic carbocycles. The Kier molecular flexibility index (Phi) is 4.19. The maximum Gasteiger partial charge on any atom is 0.148 e. The van der Waals surface area contributed by atoms with Crippen LogP contribution in [-0.4, -0.2) is 19.7 Å². The molecule has 0 bridgehead atoms. The van der Waals surface area contributed by atoms with Crippen molar-refractivity contribution in [1.82, 2.24) is 19.7 Å². The van der Waals surface area contributed by atoms with Crippen molar-refractivity contribution in [3.63, 3.8) is 0 Å². The van der Waals surface area contributed by atoms with E-state index in [1.165, 1.54) is 0 Å². The Hall–Kier alpha value is -2.15. The monoisotopic (exact) mass is 275 g/mol. The molecule has 2 aromatic rings. The van der Waals surface area contributed by atoms with E-state index in [1.807, 2.05) is 40.1 Å². The van der Waals surface area contributed by atoms with Gasteiger partial charge >= 0.3 is 0 Å². The highest BCUT2D eigenvalue weighted by Crippen LogP contribution is 2.22. The molecule has 0 saturated heterocycles. The third-order valence-electron chi connectivity index (χ3n) is 3.02. The van der Waals surface area contributed by atoms with Crippen LogP contribution in [-0.2, 0) is 13.6 Å². The first-order chi connectivity index (χ1) is 9.51. The predicted molar refractivity (Wildman–Crippen MR) is 79.2 cm³/mol. The highest BCUT2D eigenvalue weighted by Gasteiger charge is 2.12. The van der Waals surface area contributed by atoms with Crippen LogP contribution >= 0.6 is 0 Å². The van der Waals surface area contributed by atoms with Crippen LogP contribution < -0.4 is 16.6 Å². The lowest BCUT2D eigenvalue weighted by Gasteiger charge is -2.14. The van der Waals surface area contributed by atoms with Gasteiger partial charge in [-0.05, 0) is 13.0 Å². The van der Waals surface area contributed by atoms with Crippen LogP contribution in [0.1, 0.15) is 36.8 Å². The van der Waals surface area contributed by atoms with Crippen molar-refractivity contribution in [2.75, 3.05) is 10.7 Å². The van der Waals surface area contributed by atoms with Crippen LogP contribution in [0.25, 0.3) is 0 Å². The Balaban J connectivity index is 2.23. The smallest absolute Gasteiger partial charge is 0.148 e. The molecule has 0 aliphatic rings. The van der Waals surface area contributed by atoms with E-state index in [0.29, 0.717) is 12.4 Å². The summed E-state index contributed by atoms with van der Waals surface area (Å²) >= 11 is 0. The number of nitrogen functional groups attached to an aromatic ring is 1. The van der Waals surface area contributed by atoms with Gasteiger partial charge in [-0.15, -0.1) is 0 Å². The molecular formula is C13H21N7. The van der Waals surface area contributed by atoms with Crippen LogP contribution in [0.5, 0.6) is 0 Å². The number of nitrogens with zero attached hydrogens (tertiary/aromatic N) is 4. The molecular weight excluding hydrogens is 254 g/mol. The summed E-state index contributed by atoms with van der Waals surface area (Å²) in [5.74, 6) is 7.93. The van der Waals surface area contributed by atoms with Crippen LogP contribution in [0.2, 0.25) is 0 Å². The summed E-state index contributed by atoms with van der Waals surface area (Å²) in [5, 5.41) is 7.62. The first-order valence-electron chi connectivity index (χ1n) is 6.58. The maximum atomic E-state index is 5.52. The molecule has 108 valence electrons. The zero-order valence-corrected chi connectivity index (χ0v) is 12.3. The fraction of sp³-hybridized carbons (Fsp3) is 0.462. The van der Waals surface area contributed by atoms with Gasteiger partial charge in [0.2, 0.25) is 0 Å². The third kappa shape index (κ3) is 3.05. The quantitative estimate of drug-likeness (QED) is 0.566. The van der Waals surface area contributed by atoms with Gasteiger partial charge in [0.05, 0.1) is 12.2 Å². The summed E-state index contributed by atoms with van der Waals surface area (Å²) < 4.78 is 1.77. The second-order valence-electron chi connectivity index (χ2n) is 5.04. The molecule has 2 heterocycles. The van der Waals surface area contributed by atoms with Gasteiger partial charge in [0.15, 0.2) is 0 Å². The predicted octanol–water partition coefficient (Wildman–Crippen LogP) is 1.54. The Bertz CT molecular complexity index is 588. The zero-order chi connectivity index (χ0) is 14.7. The molecule has 0 saturated carbocycles. The number of rotatable bonds is 5. The van der Waals surface area contributed by atoms with Gasteiger partial charge in [0.25, 0.3) is 0 Å². The lowest BCUT2D eigenvalue weighted by atomic mass is 10.2. The number of aromatic nitrogens is 4. The molecule has 2 aromatic heterocycles. The van der Waals surface area contributed by atoms with E-state index in [9.17, 15) is 0 Å². The van der Waals surface area contributed by atoms with Crippen molar-refractivity contribution in [2.24, 2.45) is 12.9 Å². The molecule has 2 rings (SSSR count). The van der Waals surface area contributed by atoms with Crippen molar-refractivity contribution >= 4 is 11.6 Å². The van der Waals surface area contributed by atoms with Gasteiger partial charge in [-0.2, -0.15) is 5.10 Å². The lowest BCUT2D eigenvalue weighted by molar-refractivity contribution is 0.744. The fourth-order valence-corrected chi connectivity index (χ4v) is 1.84. The summed E-state index contributed by atoms with van der Waals surface area (Å²) in [4.78, 5) is 8.95. The minimum absolute atomic E-state index is 0.234. The average Bonchev–Trinajstić information content (AvgIpc) is 2.83. The van der Waals surface area contributed by atoms with Gasteiger partial charge in [-0.25, -0.2) is 15.8 Å². The number of nitrogens with two attached hydrogens (primary N) is 1. The first-order valence-corrected chi connectivity index (χ1v) is 6.58. The average molecular weight is 275 g/mol. The van der Waals surface area contributed by atoms with Gasteiger partial charge in [0, 0.05) is 24.7 Å². The number of hydrogen-bond donors (Lipinski definition) is 3. The molecule has 4 N–H and O–H groups in total. The Labute approximate surface area is 118 Å². The van der Waals surface area contributed by atoms with E-state index in [2.05, 4.69) is 25.8 Å². The molecule has 0 atom stereocenters. The number of aryl methyl sites for hydroxylation is 1. The second kappa shape index (κ2) is 5.87.